The zero-order chi connectivity index (χ0) is 13.1. The van der Waals surface area contributed by atoms with Crippen molar-refractivity contribution in [2.75, 3.05) is 0 Å². The van der Waals surface area contributed by atoms with Crippen LogP contribution in [0.15, 0.2) is 35.3 Å². The number of aromatic hydroxyl groups is 1. The Morgan fingerprint density at radius 1 is 1.33 bits per heavy atom. The van der Waals surface area contributed by atoms with E-state index in [0.29, 0.717) is 11.3 Å². The third kappa shape index (κ3) is 2.60. The normalized spacial score (nSPS) is 10.3. The zero-order valence-corrected chi connectivity index (χ0v) is 9.70. The van der Waals surface area contributed by atoms with E-state index in [4.69, 9.17) is 5.11 Å². The molecule has 1 aromatic heterocycles. The van der Waals surface area contributed by atoms with Crippen LogP contribution in [-0.4, -0.2) is 25.7 Å². The first kappa shape index (κ1) is 12.0. The molecule has 2 rings (SSSR count). The largest absolute Gasteiger partial charge is 0.508 e. The zero-order valence-electron chi connectivity index (χ0n) is 9.70. The van der Waals surface area contributed by atoms with Crippen LogP contribution in [0.2, 0.25) is 0 Å². The summed E-state index contributed by atoms with van der Waals surface area (Å²) in [5, 5.41) is 13.0. The molecule has 0 fully saturated rings. The van der Waals surface area contributed by atoms with Gasteiger partial charge in [-0.15, -0.1) is 0 Å². The fourth-order valence-electron chi connectivity index (χ4n) is 1.45. The van der Waals surface area contributed by atoms with E-state index in [2.05, 4.69) is 10.1 Å². The molecule has 0 saturated carbocycles. The van der Waals surface area contributed by atoms with E-state index in [1.165, 1.54) is 25.3 Å². The SMILES string of the molecule is CC(=O)Cn1ncc(-c2ccc(O)cc2)nc1=O. The molecule has 0 atom stereocenters. The number of carbonyl (C=O) groups excluding carboxylic acids is 1. The van der Waals surface area contributed by atoms with Crippen LogP contribution >= 0.6 is 0 Å². The summed E-state index contributed by atoms with van der Waals surface area (Å²) < 4.78 is 1.01. The Labute approximate surface area is 103 Å². The van der Waals surface area contributed by atoms with Gasteiger partial charge in [0.1, 0.15) is 12.3 Å². The molecule has 1 aromatic carbocycles. The van der Waals surface area contributed by atoms with Gasteiger partial charge in [-0.25, -0.2) is 9.48 Å². The number of rotatable bonds is 3. The van der Waals surface area contributed by atoms with Crippen molar-refractivity contribution in [2.45, 2.75) is 13.5 Å². The number of aromatic nitrogens is 3. The van der Waals surface area contributed by atoms with Crippen LogP contribution < -0.4 is 5.69 Å². The maximum absolute atomic E-state index is 11.6. The second kappa shape index (κ2) is 4.79. The molecule has 0 saturated heterocycles. The Balaban J connectivity index is 2.37. The summed E-state index contributed by atoms with van der Waals surface area (Å²) in [6.45, 7) is 1.30. The van der Waals surface area contributed by atoms with Gasteiger partial charge in [-0.1, -0.05) is 0 Å². The number of phenolic OH excluding ortho intramolecular Hbond substituents is 1. The Morgan fingerprint density at radius 3 is 2.56 bits per heavy atom. The van der Waals surface area contributed by atoms with E-state index in [1.54, 1.807) is 12.1 Å². The van der Waals surface area contributed by atoms with Crippen LogP contribution in [0.4, 0.5) is 0 Å². The van der Waals surface area contributed by atoms with E-state index >= 15 is 0 Å². The molecule has 92 valence electrons. The first-order valence-corrected chi connectivity index (χ1v) is 5.29. The summed E-state index contributed by atoms with van der Waals surface area (Å²) in [6.07, 6.45) is 1.41. The van der Waals surface area contributed by atoms with E-state index in [1.807, 2.05) is 0 Å². The van der Waals surface area contributed by atoms with Gasteiger partial charge in [-0.05, 0) is 31.2 Å². The highest BCUT2D eigenvalue weighted by molar-refractivity contribution is 5.75. The molecule has 0 aliphatic heterocycles. The molecule has 18 heavy (non-hydrogen) atoms. The molecule has 0 spiro atoms. The van der Waals surface area contributed by atoms with Gasteiger partial charge in [0.25, 0.3) is 0 Å². The first-order chi connectivity index (χ1) is 8.56. The predicted molar refractivity (Wildman–Crippen MR) is 64.1 cm³/mol. The summed E-state index contributed by atoms with van der Waals surface area (Å²) in [6, 6.07) is 6.26. The van der Waals surface area contributed by atoms with Crippen molar-refractivity contribution < 1.29 is 9.90 Å². The molecule has 0 unspecified atom stereocenters. The minimum atomic E-state index is -0.573. The number of Topliss-reactive ketones (excluding diaryl/α,β-unsaturated/α-hetero) is 1. The summed E-state index contributed by atoms with van der Waals surface area (Å²) in [5.74, 6) is -0.0274. The second-order valence-corrected chi connectivity index (χ2v) is 3.83. The minimum Gasteiger partial charge on any atom is -0.508 e. The first-order valence-electron chi connectivity index (χ1n) is 5.29. The van der Waals surface area contributed by atoms with E-state index in [0.717, 1.165) is 4.68 Å². The molecule has 6 heteroatoms. The highest BCUT2D eigenvalue weighted by Gasteiger charge is 2.05. The van der Waals surface area contributed by atoms with Crippen molar-refractivity contribution in [2.24, 2.45) is 0 Å². The van der Waals surface area contributed by atoms with Crippen molar-refractivity contribution in [3.8, 4) is 17.0 Å². The highest BCUT2D eigenvalue weighted by atomic mass is 16.3. The molecule has 0 aliphatic rings. The van der Waals surface area contributed by atoms with Crippen molar-refractivity contribution >= 4 is 5.78 Å². The average Bonchev–Trinajstić information content (AvgIpc) is 2.32. The van der Waals surface area contributed by atoms with Crippen molar-refractivity contribution in [3.63, 3.8) is 0 Å². The van der Waals surface area contributed by atoms with Crippen LogP contribution in [-0.2, 0) is 11.3 Å². The van der Waals surface area contributed by atoms with Gasteiger partial charge in [0.05, 0.1) is 11.9 Å². The third-order valence-corrected chi connectivity index (χ3v) is 2.29. The monoisotopic (exact) mass is 245 g/mol. The van der Waals surface area contributed by atoms with Gasteiger partial charge in [0, 0.05) is 5.56 Å². The molecular formula is C12H11N3O3. The maximum Gasteiger partial charge on any atom is 0.364 e. The molecular weight excluding hydrogens is 234 g/mol. The van der Waals surface area contributed by atoms with Crippen molar-refractivity contribution in [1.82, 2.24) is 14.8 Å². The molecule has 0 aliphatic carbocycles. The van der Waals surface area contributed by atoms with Gasteiger partial charge >= 0.3 is 5.69 Å². The average molecular weight is 245 g/mol. The van der Waals surface area contributed by atoms with Crippen molar-refractivity contribution in [1.29, 1.82) is 0 Å². The molecule has 2 aromatic rings. The molecule has 0 bridgehead atoms. The molecule has 6 nitrogen and oxygen atoms in total. The highest BCUT2D eigenvalue weighted by Crippen LogP contribution is 2.17. The smallest absolute Gasteiger partial charge is 0.364 e. The summed E-state index contributed by atoms with van der Waals surface area (Å²) in [7, 11) is 0. The fourth-order valence-corrected chi connectivity index (χ4v) is 1.45. The van der Waals surface area contributed by atoms with Gasteiger partial charge in [0.2, 0.25) is 0 Å². The summed E-state index contributed by atoms with van der Waals surface area (Å²) >= 11 is 0. The number of carbonyl (C=O) groups is 1. The van der Waals surface area contributed by atoms with E-state index in [9.17, 15) is 9.59 Å². The quantitative estimate of drug-likeness (QED) is 0.855. The Morgan fingerprint density at radius 2 is 2.00 bits per heavy atom. The van der Waals surface area contributed by atoms with Crippen LogP contribution in [0.1, 0.15) is 6.92 Å². The summed E-state index contributed by atoms with van der Waals surface area (Å²) in [5.41, 5.74) is 0.503. The van der Waals surface area contributed by atoms with E-state index < -0.39 is 5.69 Å². The van der Waals surface area contributed by atoms with E-state index in [-0.39, 0.29) is 18.1 Å². The lowest BCUT2D eigenvalue weighted by molar-refractivity contribution is -0.117. The van der Waals surface area contributed by atoms with Gasteiger partial charge in [-0.2, -0.15) is 10.1 Å². The number of benzene rings is 1. The number of phenols is 1. The Kier molecular flexibility index (Phi) is 3.18. The molecule has 1 heterocycles. The lowest BCUT2D eigenvalue weighted by Gasteiger charge is -2.03. The van der Waals surface area contributed by atoms with Crippen LogP contribution in [0, 0.1) is 0 Å². The topological polar surface area (TPSA) is 85.1 Å². The lowest BCUT2D eigenvalue weighted by Crippen LogP contribution is -2.28. The second-order valence-electron chi connectivity index (χ2n) is 3.83. The summed E-state index contributed by atoms with van der Waals surface area (Å²) in [4.78, 5) is 26.3. The standard InChI is InChI=1S/C12H11N3O3/c1-8(16)7-15-12(18)14-11(6-13-15)9-2-4-10(17)5-3-9/h2-6,17H,7H2,1H3. The van der Waals surface area contributed by atoms with Gasteiger partial charge in [-0.3, -0.25) is 4.79 Å². The van der Waals surface area contributed by atoms with Gasteiger partial charge in [0.15, 0.2) is 5.78 Å². The molecule has 1 N–H and O–H groups in total. The number of hydrogen-bond donors (Lipinski definition) is 1. The molecule has 0 radical (unpaired) electrons. The predicted octanol–water partition coefficient (Wildman–Crippen LogP) is 0.600. The van der Waals surface area contributed by atoms with Crippen LogP contribution in [0.3, 0.4) is 0 Å². The number of hydrogen-bond acceptors (Lipinski definition) is 5. The van der Waals surface area contributed by atoms with Crippen LogP contribution in [0.25, 0.3) is 11.3 Å². The minimum absolute atomic E-state index is 0.0817. The lowest BCUT2D eigenvalue weighted by atomic mass is 10.1. The molecule has 0 amide bonds. The Bertz CT molecular complexity index is 632. The Hall–Kier alpha value is -2.50. The van der Waals surface area contributed by atoms with Crippen molar-refractivity contribution in [3.05, 3.63) is 40.9 Å². The number of ketones is 1. The van der Waals surface area contributed by atoms with Gasteiger partial charge < -0.3 is 5.11 Å². The maximum atomic E-state index is 11.6. The fraction of sp³-hybridized carbons (Fsp3) is 0.167. The third-order valence-electron chi connectivity index (χ3n) is 2.29. The number of nitrogens with zero attached hydrogens (tertiary/aromatic N) is 3. The van der Waals surface area contributed by atoms with Crippen LogP contribution in [0.5, 0.6) is 5.75 Å².